The molecule has 0 radical (unpaired) electrons. The van der Waals surface area contributed by atoms with E-state index in [2.05, 4.69) is 20.7 Å². The molecule has 108 valence electrons. The lowest BCUT2D eigenvalue weighted by Crippen LogP contribution is -2.14. The molecular formula is C12H7BrN2O4S2. The van der Waals surface area contributed by atoms with Crippen molar-refractivity contribution in [3.63, 3.8) is 0 Å². The Morgan fingerprint density at radius 2 is 2.05 bits per heavy atom. The number of carboxylic acids is 1. The van der Waals surface area contributed by atoms with Gasteiger partial charge in [-0.25, -0.2) is 13.2 Å². The summed E-state index contributed by atoms with van der Waals surface area (Å²) in [5, 5.41) is 17.8. The molecule has 0 saturated heterocycles. The number of benzene rings is 1. The molecule has 0 aliphatic heterocycles. The number of sulfonamides is 1. The second kappa shape index (κ2) is 5.85. The highest BCUT2D eigenvalue weighted by molar-refractivity contribution is 9.10. The van der Waals surface area contributed by atoms with Crippen molar-refractivity contribution in [2.45, 2.75) is 4.21 Å². The van der Waals surface area contributed by atoms with E-state index in [0.29, 0.717) is 4.47 Å². The third-order valence-electron chi connectivity index (χ3n) is 2.41. The lowest BCUT2D eigenvalue weighted by atomic mass is 10.2. The van der Waals surface area contributed by atoms with Crippen LogP contribution in [0.5, 0.6) is 0 Å². The summed E-state index contributed by atoms with van der Waals surface area (Å²) >= 11 is 3.94. The number of anilines is 1. The lowest BCUT2D eigenvalue weighted by Gasteiger charge is -2.09. The van der Waals surface area contributed by atoms with Crippen LogP contribution in [0.3, 0.4) is 0 Å². The zero-order chi connectivity index (χ0) is 15.6. The topological polar surface area (TPSA) is 107 Å². The number of rotatable bonds is 4. The smallest absolute Gasteiger partial charge is 0.337 e. The van der Waals surface area contributed by atoms with Crippen molar-refractivity contribution in [2.75, 3.05) is 4.72 Å². The Kier molecular flexibility index (Phi) is 4.32. The molecular weight excluding hydrogens is 380 g/mol. The van der Waals surface area contributed by atoms with Gasteiger partial charge < -0.3 is 5.11 Å². The fraction of sp³-hybridized carbons (Fsp3) is 0. The quantitative estimate of drug-likeness (QED) is 0.839. The number of nitrogens with one attached hydrogen (secondary N) is 1. The minimum absolute atomic E-state index is 0.0439. The minimum atomic E-state index is -3.93. The third kappa shape index (κ3) is 3.41. The fourth-order valence-electron chi connectivity index (χ4n) is 1.50. The van der Waals surface area contributed by atoms with Gasteiger partial charge in [-0.3, -0.25) is 4.72 Å². The Labute approximate surface area is 132 Å². The van der Waals surface area contributed by atoms with E-state index in [-0.39, 0.29) is 20.3 Å². The second-order valence-electron chi connectivity index (χ2n) is 3.83. The molecule has 0 aliphatic carbocycles. The summed E-state index contributed by atoms with van der Waals surface area (Å²) < 4.78 is 27.0. The molecule has 0 fully saturated rings. The van der Waals surface area contributed by atoms with Gasteiger partial charge in [-0.05, 0) is 30.3 Å². The molecule has 1 heterocycles. The monoisotopic (exact) mass is 386 g/mol. The van der Waals surface area contributed by atoms with Crippen LogP contribution in [0.1, 0.15) is 15.2 Å². The van der Waals surface area contributed by atoms with Crippen molar-refractivity contribution in [2.24, 2.45) is 0 Å². The van der Waals surface area contributed by atoms with E-state index in [0.717, 1.165) is 11.3 Å². The van der Waals surface area contributed by atoms with Crippen molar-refractivity contribution in [3.05, 3.63) is 45.2 Å². The number of nitriles is 1. The van der Waals surface area contributed by atoms with Crippen LogP contribution in [0.4, 0.5) is 5.69 Å². The van der Waals surface area contributed by atoms with E-state index in [1.54, 1.807) is 0 Å². The van der Waals surface area contributed by atoms with Crippen LogP contribution in [-0.4, -0.2) is 19.5 Å². The van der Waals surface area contributed by atoms with Crippen molar-refractivity contribution < 1.29 is 18.3 Å². The van der Waals surface area contributed by atoms with Crippen molar-refractivity contribution in [1.82, 2.24) is 0 Å². The Morgan fingerprint density at radius 3 is 2.62 bits per heavy atom. The van der Waals surface area contributed by atoms with Crippen LogP contribution in [0.25, 0.3) is 0 Å². The molecule has 0 aliphatic rings. The van der Waals surface area contributed by atoms with Crippen LogP contribution in [0.2, 0.25) is 0 Å². The maximum absolute atomic E-state index is 12.2. The van der Waals surface area contributed by atoms with Crippen LogP contribution < -0.4 is 4.72 Å². The molecule has 1 aromatic carbocycles. The summed E-state index contributed by atoms with van der Waals surface area (Å²) in [4.78, 5) is 11.4. The first-order valence-electron chi connectivity index (χ1n) is 5.39. The van der Waals surface area contributed by atoms with E-state index in [9.17, 15) is 13.2 Å². The van der Waals surface area contributed by atoms with Gasteiger partial charge in [0.25, 0.3) is 10.0 Å². The van der Waals surface area contributed by atoms with E-state index >= 15 is 0 Å². The SMILES string of the molecule is N#Cc1ccc(S(=O)(=O)Nc2ccc(Br)cc2C(=O)O)s1. The van der Waals surface area contributed by atoms with E-state index < -0.39 is 16.0 Å². The van der Waals surface area contributed by atoms with Gasteiger partial charge >= 0.3 is 5.97 Å². The van der Waals surface area contributed by atoms with Gasteiger partial charge in [0.15, 0.2) is 0 Å². The minimum Gasteiger partial charge on any atom is -0.478 e. The van der Waals surface area contributed by atoms with Gasteiger partial charge in [-0.15, -0.1) is 11.3 Å². The largest absolute Gasteiger partial charge is 0.478 e. The molecule has 0 bridgehead atoms. The first-order valence-corrected chi connectivity index (χ1v) is 8.48. The van der Waals surface area contributed by atoms with Crippen molar-refractivity contribution >= 4 is 48.9 Å². The molecule has 0 amide bonds. The molecule has 2 rings (SSSR count). The third-order valence-corrected chi connectivity index (χ3v) is 5.75. The van der Waals surface area contributed by atoms with Gasteiger partial charge in [0, 0.05) is 4.47 Å². The van der Waals surface area contributed by atoms with Crippen LogP contribution in [-0.2, 0) is 10.0 Å². The summed E-state index contributed by atoms with van der Waals surface area (Å²) in [6.45, 7) is 0. The number of nitrogens with zero attached hydrogens (tertiary/aromatic N) is 1. The molecule has 1 aromatic heterocycles. The van der Waals surface area contributed by atoms with E-state index in [4.69, 9.17) is 10.4 Å². The maximum Gasteiger partial charge on any atom is 0.337 e. The lowest BCUT2D eigenvalue weighted by molar-refractivity contribution is 0.0698. The molecule has 0 atom stereocenters. The van der Waals surface area contributed by atoms with Gasteiger partial charge in [0.2, 0.25) is 0 Å². The fourth-order valence-corrected chi connectivity index (χ4v) is 4.05. The van der Waals surface area contributed by atoms with Gasteiger partial charge in [-0.1, -0.05) is 15.9 Å². The molecule has 0 unspecified atom stereocenters. The zero-order valence-electron chi connectivity index (χ0n) is 10.2. The number of halogens is 1. The number of thiophene rings is 1. The van der Waals surface area contributed by atoms with Gasteiger partial charge in [-0.2, -0.15) is 5.26 Å². The predicted octanol–water partition coefficient (Wildman–Crippen LogP) is 2.88. The molecule has 2 N–H and O–H groups in total. The van der Waals surface area contributed by atoms with Crippen molar-refractivity contribution in [3.8, 4) is 6.07 Å². The molecule has 6 nitrogen and oxygen atoms in total. The summed E-state index contributed by atoms with van der Waals surface area (Å²) in [7, 11) is -3.93. The summed E-state index contributed by atoms with van der Waals surface area (Å²) in [6.07, 6.45) is 0. The predicted molar refractivity (Wildman–Crippen MR) is 80.9 cm³/mol. The standard InChI is InChI=1S/C12H7BrN2O4S2/c13-7-1-3-10(9(5-7)12(16)17)15-21(18,19)11-4-2-8(6-14)20-11/h1-5,15H,(H,16,17). The Hall–Kier alpha value is -1.89. The van der Waals surface area contributed by atoms with E-state index in [1.165, 1.54) is 30.3 Å². The zero-order valence-corrected chi connectivity index (χ0v) is 13.4. The van der Waals surface area contributed by atoms with Crippen molar-refractivity contribution in [1.29, 1.82) is 5.26 Å². The number of aromatic carboxylic acids is 1. The summed E-state index contributed by atoms with van der Waals surface area (Å²) in [5.74, 6) is -1.25. The second-order valence-corrected chi connectivity index (χ2v) is 7.74. The average molecular weight is 387 g/mol. The molecule has 2 aromatic rings. The van der Waals surface area contributed by atoms with Crippen LogP contribution in [0.15, 0.2) is 39.0 Å². The average Bonchev–Trinajstić information content (AvgIpc) is 2.90. The number of carbonyl (C=O) groups is 1. The summed E-state index contributed by atoms with van der Waals surface area (Å²) in [5.41, 5.74) is -0.220. The Bertz CT molecular complexity index is 852. The van der Waals surface area contributed by atoms with Crippen LogP contribution >= 0.6 is 27.3 Å². The van der Waals surface area contributed by atoms with Gasteiger partial charge in [0.1, 0.15) is 15.2 Å². The first-order chi connectivity index (χ1) is 9.83. The Balaban J connectivity index is 2.42. The number of hydrogen-bond acceptors (Lipinski definition) is 5. The van der Waals surface area contributed by atoms with E-state index in [1.807, 2.05) is 6.07 Å². The number of hydrogen-bond donors (Lipinski definition) is 2. The molecule has 21 heavy (non-hydrogen) atoms. The Morgan fingerprint density at radius 1 is 1.33 bits per heavy atom. The highest BCUT2D eigenvalue weighted by Crippen LogP contribution is 2.27. The molecule has 9 heteroatoms. The molecule has 0 saturated carbocycles. The van der Waals surface area contributed by atoms with Crippen LogP contribution in [0, 0.1) is 11.3 Å². The normalized spacial score (nSPS) is 10.9. The maximum atomic E-state index is 12.2. The first kappa shape index (κ1) is 15.5. The number of carboxylic acid groups (broad SMARTS) is 1. The highest BCUT2D eigenvalue weighted by Gasteiger charge is 2.20. The highest BCUT2D eigenvalue weighted by atomic mass is 79.9. The molecule has 0 spiro atoms. The van der Waals surface area contributed by atoms with Gasteiger partial charge in [0.05, 0.1) is 11.3 Å². The summed E-state index contributed by atoms with van der Waals surface area (Å²) in [6, 6.07) is 8.71.